The molecular weight excluding hydrogens is 420 g/mol. The van der Waals surface area contributed by atoms with Crippen LogP contribution in [0.3, 0.4) is 0 Å². The van der Waals surface area contributed by atoms with E-state index in [-0.39, 0.29) is 6.61 Å². The molecule has 0 fully saturated rings. The molecule has 0 saturated carbocycles. The molecule has 7 heteroatoms. The number of hydrogen-bond donors (Lipinski definition) is 2. The molecule has 2 aromatic rings. The molecule has 0 radical (unpaired) electrons. The number of alkyl halides is 3. The maximum atomic E-state index is 9.62. The highest BCUT2D eigenvalue weighted by atomic mass is 80.0. The molecule has 0 spiro atoms. The third-order valence-corrected chi connectivity index (χ3v) is 3.27. The van der Waals surface area contributed by atoms with Crippen molar-refractivity contribution < 1.29 is 9.84 Å². The Balaban J connectivity index is 2.04. The predicted molar refractivity (Wildman–Crippen MR) is 76.4 cm³/mol. The van der Waals surface area contributed by atoms with E-state index in [9.17, 15) is 5.11 Å². The fourth-order valence-corrected chi connectivity index (χ4v) is 1.72. The molecule has 17 heavy (non-hydrogen) atoms. The number of aromatic nitrogens is 2. The fourth-order valence-electron chi connectivity index (χ4n) is 1.33. The van der Waals surface area contributed by atoms with Crippen LogP contribution in [0.5, 0.6) is 0 Å². The molecule has 2 N–H and O–H groups in total. The number of halogens is 3. The lowest BCUT2D eigenvalue weighted by Crippen LogP contribution is -2.26. The number of H-pyrrole nitrogens is 1. The number of para-hydroxylation sites is 2. The van der Waals surface area contributed by atoms with Gasteiger partial charge in [-0.15, -0.1) is 0 Å². The fraction of sp³-hybridized carbons (Fsp3) is 0.300. The van der Waals surface area contributed by atoms with Crippen LogP contribution < -0.4 is 0 Å². The zero-order valence-corrected chi connectivity index (χ0v) is 13.3. The summed E-state index contributed by atoms with van der Waals surface area (Å²) in [6, 6.07) is 7.70. The van der Waals surface area contributed by atoms with Crippen LogP contribution >= 0.6 is 47.8 Å². The molecule has 0 bridgehead atoms. The van der Waals surface area contributed by atoms with Crippen LogP contribution in [0.15, 0.2) is 24.3 Å². The maximum Gasteiger partial charge on any atom is 0.190 e. The number of ether oxygens (including phenoxy) is 1. The van der Waals surface area contributed by atoms with Crippen molar-refractivity contribution in [3.05, 3.63) is 30.1 Å². The first kappa shape index (κ1) is 13.5. The van der Waals surface area contributed by atoms with Gasteiger partial charge in [0.15, 0.2) is 8.43 Å². The van der Waals surface area contributed by atoms with E-state index in [2.05, 4.69) is 57.8 Å². The third-order valence-electron chi connectivity index (χ3n) is 2.10. The lowest BCUT2D eigenvalue weighted by atomic mass is 10.3. The van der Waals surface area contributed by atoms with Crippen LogP contribution in [0.2, 0.25) is 0 Å². The normalized spacial score (nSPS) is 14.1. The van der Waals surface area contributed by atoms with Crippen molar-refractivity contribution in [2.24, 2.45) is 0 Å². The van der Waals surface area contributed by atoms with Crippen molar-refractivity contribution in [3.8, 4) is 0 Å². The van der Waals surface area contributed by atoms with Gasteiger partial charge < -0.3 is 14.8 Å². The molecular formula is C10H9Br3N2O2. The zero-order valence-electron chi connectivity index (χ0n) is 8.53. The van der Waals surface area contributed by atoms with Crippen LogP contribution in [0.25, 0.3) is 11.0 Å². The van der Waals surface area contributed by atoms with Gasteiger partial charge in [-0.05, 0) is 12.1 Å². The van der Waals surface area contributed by atoms with E-state index in [1.807, 2.05) is 24.3 Å². The summed E-state index contributed by atoms with van der Waals surface area (Å²) in [5.41, 5.74) is 1.83. The summed E-state index contributed by atoms with van der Waals surface area (Å²) in [4.78, 5) is 7.44. The van der Waals surface area contributed by atoms with Gasteiger partial charge in [-0.2, -0.15) is 0 Å². The molecule has 0 saturated heterocycles. The van der Waals surface area contributed by atoms with Crippen LogP contribution in [0, 0.1) is 0 Å². The van der Waals surface area contributed by atoms with Crippen LogP contribution in [-0.4, -0.2) is 23.5 Å². The van der Waals surface area contributed by atoms with E-state index in [0.29, 0.717) is 5.82 Å². The van der Waals surface area contributed by atoms with Gasteiger partial charge in [0.25, 0.3) is 0 Å². The molecule has 92 valence electrons. The monoisotopic (exact) mass is 426 g/mol. The number of aliphatic hydroxyl groups excluding tert-OH is 1. The van der Waals surface area contributed by atoms with E-state index >= 15 is 0 Å². The Morgan fingerprint density at radius 1 is 1.35 bits per heavy atom. The predicted octanol–water partition coefficient (Wildman–Crippen LogP) is 3.24. The van der Waals surface area contributed by atoms with Crippen LogP contribution in [-0.2, 0) is 11.3 Å². The van der Waals surface area contributed by atoms with Crippen molar-refractivity contribution in [1.82, 2.24) is 9.97 Å². The van der Waals surface area contributed by atoms with Crippen molar-refractivity contribution in [2.75, 3.05) is 0 Å². The molecule has 2 rings (SSSR count). The van der Waals surface area contributed by atoms with E-state index in [1.54, 1.807) is 0 Å². The second-order valence-electron chi connectivity index (χ2n) is 3.41. The quantitative estimate of drug-likeness (QED) is 0.583. The van der Waals surface area contributed by atoms with Crippen molar-refractivity contribution in [1.29, 1.82) is 0 Å². The Bertz CT molecular complexity index is 476. The molecule has 0 aliphatic carbocycles. The topological polar surface area (TPSA) is 58.1 Å². The van der Waals surface area contributed by atoms with E-state index in [1.165, 1.54) is 0 Å². The van der Waals surface area contributed by atoms with Crippen molar-refractivity contribution in [2.45, 2.75) is 15.0 Å². The van der Waals surface area contributed by atoms with Crippen LogP contribution in [0.4, 0.5) is 0 Å². The molecule has 1 unspecified atom stereocenters. The number of nitrogens with one attached hydrogen (secondary N) is 1. The second kappa shape index (κ2) is 5.36. The van der Waals surface area contributed by atoms with Gasteiger partial charge in [-0.1, -0.05) is 59.9 Å². The molecule has 4 nitrogen and oxygen atoms in total. The first-order chi connectivity index (χ1) is 7.97. The largest absolute Gasteiger partial charge is 0.365 e. The van der Waals surface area contributed by atoms with Crippen molar-refractivity contribution in [3.63, 3.8) is 0 Å². The van der Waals surface area contributed by atoms with E-state index < -0.39 is 8.43 Å². The Hall–Kier alpha value is 0.0500. The maximum absolute atomic E-state index is 9.62. The zero-order chi connectivity index (χ0) is 12.5. The summed E-state index contributed by atoms with van der Waals surface area (Å²) in [6.07, 6.45) is -1.05. The molecule has 1 aromatic carbocycles. The average Bonchev–Trinajstić information content (AvgIpc) is 2.66. The standard InChI is InChI=1S/C10H9Br3N2O2/c11-10(12,13)9(16)17-5-8-14-6-3-1-2-4-7(6)15-8/h1-4,9,16H,5H2,(H,14,15). The Morgan fingerprint density at radius 2 is 2.06 bits per heavy atom. The molecule has 1 aromatic heterocycles. The first-order valence-corrected chi connectivity index (χ1v) is 7.15. The third kappa shape index (κ3) is 3.51. The lowest BCUT2D eigenvalue weighted by molar-refractivity contribution is -0.0991. The smallest absolute Gasteiger partial charge is 0.190 e. The number of fused-ring (bicyclic) bond motifs is 1. The number of aliphatic hydroxyl groups is 1. The summed E-state index contributed by atoms with van der Waals surface area (Å²) in [7, 11) is 0. The Labute approximate surface area is 123 Å². The number of benzene rings is 1. The number of rotatable bonds is 3. The van der Waals surface area contributed by atoms with E-state index in [0.717, 1.165) is 11.0 Å². The van der Waals surface area contributed by atoms with Gasteiger partial charge in [0.05, 0.1) is 11.0 Å². The van der Waals surface area contributed by atoms with E-state index in [4.69, 9.17) is 4.74 Å². The minimum absolute atomic E-state index is 0.195. The number of imidazole rings is 1. The Morgan fingerprint density at radius 3 is 2.71 bits per heavy atom. The molecule has 0 aliphatic heterocycles. The van der Waals surface area contributed by atoms with Crippen molar-refractivity contribution >= 4 is 58.8 Å². The molecule has 0 aliphatic rings. The molecule has 1 atom stereocenters. The minimum Gasteiger partial charge on any atom is -0.365 e. The lowest BCUT2D eigenvalue weighted by Gasteiger charge is -2.19. The van der Waals surface area contributed by atoms with Gasteiger partial charge >= 0.3 is 0 Å². The van der Waals surface area contributed by atoms with Gasteiger partial charge in [-0.3, -0.25) is 0 Å². The first-order valence-electron chi connectivity index (χ1n) is 4.77. The molecule has 1 heterocycles. The van der Waals surface area contributed by atoms with Gasteiger partial charge in [-0.25, -0.2) is 4.98 Å². The summed E-state index contributed by atoms with van der Waals surface area (Å²) < 4.78 is 4.39. The summed E-state index contributed by atoms with van der Waals surface area (Å²) in [5, 5.41) is 9.62. The number of hydrogen-bond acceptors (Lipinski definition) is 3. The number of nitrogens with zero attached hydrogens (tertiary/aromatic N) is 1. The SMILES string of the molecule is OC(OCc1nc2ccccc2[nH]1)C(Br)(Br)Br. The highest BCUT2D eigenvalue weighted by Gasteiger charge is 2.29. The average molecular weight is 429 g/mol. The summed E-state index contributed by atoms with van der Waals surface area (Å²) in [5.74, 6) is 0.669. The van der Waals surface area contributed by atoms with Crippen LogP contribution in [0.1, 0.15) is 5.82 Å². The number of aromatic amines is 1. The highest BCUT2D eigenvalue weighted by molar-refractivity contribution is 9.39. The second-order valence-corrected chi connectivity index (χ2v) is 10.4. The Kier molecular flexibility index (Phi) is 4.25. The minimum atomic E-state index is -1.05. The van der Waals surface area contributed by atoms with Gasteiger partial charge in [0.1, 0.15) is 12.4 Å². The summed E-state index contributed by atoms with van der Waals surface area (Å²) in [6.45, 7) is 0.195. The van der Waals surface area contributed by atoms with Gasteiger partial charge in [0, 0.05) is 0 Å². The molecule has 0 amide bonds. The summed E-state index contributed by atoms with van der Waals surface area (Å²) >= 11 is 9.54. The highest BCUT2D eigenvalue weighted by Crippen LogP contribution is 2.37. The van der Waals surface area contributed by atoms with Gasteiger partial charge in [0.2, 0.25) is 0 Å².